The van der Waals surface area contributed by atoms with Crippen LogP contribution in [0, 0.1) is 6.92 Å². The second-order valence-corrected chi connectivity index (χ2v) is 5.68. The number of amides is 1. The van der Waals surface area contributed by atoms with Gasteiger partial charge in [-0.2, -0.15) is 0 Å². The van der Waals surface area contributed by atoms with Gasteiger partial charge in [-0.25, -0.2) is 9.97 Å². The van der Waals surface area contributed by atoms with Crippen LogP contribution in [0.5, 0.6) is 0 Å². The van der Waals surface area contributed by atoms with Crippen LogP contribution in [0.3, 0.4) is 0 Å². The van der Waals surface area contributed by atoms with E-state index in [1.807, 2.05) is 13.0 Å². The highest BCUT2D eigenvalue weighted by Gasteiger charge is 2.14. The van der Waals surface area contributed by atoms with E-state index < -0.39 is 0 Å². The fraction of sp³-hybridized carbons (Fsp3) is 0.412. The SMILES string of the molecule is Cc1nc(NCCNC(=O)c2ccncc2)cc(N2CCOCC2)n1. The summed E-state index contributed by atoms with van der Waals surface area (Å²) in [6.07, 6.45) is 3.20. The number of rotatable bonds is 6. The molecule has 1 amide bonds. The van der Waals surface area contributed by atoms with Crippen LogP contribution in [-0.4, -0.2) is 60.3 Å². The van der Waals surface area contributed by atoms with Gasteiger partial charge >= 0.3 is 0 Å². The molecule has 3 heterocycles. The summed E-state index contributed by atoms with van der Waals surface area (Å²) in [5, 5.41) is 6.10. The molecule has 2 aromatic rings. The number of aromatic nitrogens is 3. The highest BCUT2D eigenvalue weighted by atomic mass is 16.5. The van der Waals surface area contributed by atoms with E-state index in [-0.39, 0.29) is 5.91 Å². The molecule has 0 atom stereocenters. The summed E-state index contributed by atoms with van der Waals surface area (Å²) in [7, 11) is 0. The van der Waals surface area contributed by atoms with E-state index in [0.29, 0.717) is 37.7 Å². The summed E-state index contributed by atoms with van der Waals surface area (Å²) >= 11 is 0. The molecule has 25 heavy (non-hydrogen) atoms. The van der Waals surface area contributed by atoms with Crippen LogP contribution < -0.4 is 15.5 Å². The average Bonchev–Trinajstić information content (AvgIpc) is 2.66. The molecule has 2 N–H and O–H groups in total. The van der Waals surface area contributed by atoms with Crippen molar-refractivity contribution in [3.8, 4) is 0 Å². The molecule has 1 aliphatic heterocycles. The Morgan fingerprint density at radius 2 is 1.96 bits per heavy atom. The van der Waals surface area contributed by atoms with Crippen molar-refractivity contribution in [2.45, 2.75) is 6.92 Å². The van der Waals surface area contributed by atoms with Gasteiger partial charge in [-0.05, 0) is 19.1 Å². The molecule has 8 nitrogen and oxygen atoms in total. The van der Waals surface area contributed by atoms with Crippen LogP contribution in [0.15, 0.2) is 30.6 Å². The average molecular weight is 342 g/mol. The second-order valence-electron chi connectivity index (χ2n) is 5.68. The van der Waals surface area contributed by atoms with Gasteiger partial charge in [0, 0.05) is 50.2 Å². The minimum Gasteiger partial charge on any atom is -0.378 e. The van der Waals surface area contributed by atoms with Crippen molar-refractivity contribution < 1.29 is 9.53 Å². The summed E-state index contributed by atoms with van der Waals surface area (Å²) in [5.74, 6) is 2.26. The first kappa shape index (κ1) is 17.1. The number of pyridine rings is 1. The van der Waals surface area contributed by atoms with Crippen molar-refractivity contribution in [1.82, 2.24) is 20.3 Å². The van der Waals surface area contributed by atoms with E-state index in [4.69, 9.17) is 4.74 Å². The van der Waals surface area contributed by atoms with Crippen LogP contribution in [-0.2, 0) is 4.74 Å². The molecular formula is C17H22N6O2. The molecule has 0 radical (unpaired) electrons. The van der Waals surface area contributed by atoms with E-state index in [1.165, 1.54) is 0 Å². The zero-order chi connectivity index (χ0) is 17.5. The van der Waals surface area contributed by atoms with Gasteiger partial charge in [0.05, 0.1) is 13.2 Å². The second kappa shape index (κ2) is 8.39. The first-order chi connectivity index (χ1) is 12.2. The van der Waals surface area contributed by atoms with Gasteiger partial charge in [-0.15, -0.1) is 0 Å². The molecule has 8 heteroatoms. The number of hydrogen-bond acceptors (Lipinski definition) is 7. The van der Waals surface area contributed by atoms with E-state index in [9.17, 15) is 4.79 Å². The molecule has 1 fully saturated rings. The fourth-order valence-electron chi connectivity index (χ4n) is 2.57. The number of hydrogen-bond donors (Lipinski definition) is 2. The number of morpholine rings is 1. The monoisotopic (exact) mass is 342 g/mol. The smallest absolute Gasteiger partial charge is 0.251 e. The first-order valence-electron chi connectivity index (χ1n) is 8.33. The third-order valence-corrected chi connectivity index (χ3v) is 3.82. The van der Waals surface area contributed by atoms with Gasteiger partial charge in [0.1, 0.15) is 17.5 Å². The molecule has 1 aliphatic rings. The van der Waals surface area contributed by atoms with E-state index >= 15 is 0 Å². The molecule has 2 aromatic heterocycles. The van der Waals surface area contributed by atoms with Crippen LogP contribution in [0.4, 0.5) is 11.6 Å². The Morgan fingerprint density at radius 1 is 1.20 bits per heavy atom. The Labute approximate surface area is 146 Å². The first-order valence-corrected chi connectivity index (χ1v) is 8.33. The lowest BCUT2D eigenvalue weighted by atomic mass is 10.2. The lowest BCUT2D eigenvalue weighted by Gasteiger charge is -2.28. The highest BCUT2D eigenvalue weighted by Crippen LogP contribution is 2.16. The number of carbonyl (C=O) groups is 1. The van der Waals surface area contributed by atoms with Gasteiger partial charge in [-0.1, -0.05) is 0 Å². The summed E-state index contributed by atoms with van der Waals surface area (Å²) in [6.45, 7) is 6.04. The molecular weight excluding hydrogens is 320 g/mol. The van der Waals surface area contributed by atoms with Crippen molar-refractivity contribution in [3.05, 3.63) is 42.0 Å². The molecule has 0 bridgehead atoms. The topological polar surface area (TPSA) is 92.3 Å². The third-order valence-electron chi connectivity index (χ3n) is 3.82. The van der Waals surface area contributed by atoms with Gasteiger partial charge in [0.25, 0.3) is 5.91 Å². The number of nitrogens with zero attached hydrogens (tertiary/aromatic N) is 4. The van der Waals surface area contributed by atoms with E-state index in [1.54, 1.807) is 24.5 Å². The molecule has 0 saturated carbocycles. The van der Waals surface area contributed by atoms with E-state index in [2.05, 4.69) is 30.5 Å². The standard InChI is InChI=1S/C17H22N6O2/c1-13-21-15(12-16(22-13)23-8-10-25-11-9-23)19-6-7-20-17(24)14-2-4-18-5-3-14/h2-5,12H,6-11H2,1H3,(H,20,24)(H,19,21,22). The number of aryl methyl sites for hydroxylation is 1. The third kappa shape index (κ3) is 4.87. The summed E-state index contributed by atoms with van der Waals surface area (Å²) < 4.78 is 5.38. The predicted molar refractivity (Wildman–Crippen MR) is 94.9 cm³/mol. The van der Waals surface area contributed by atoms with E-state index in [0.717, 1.165) is 24.7 Å². The fourth-order valence-corrected chi connectivity index (χ4v) is 2.57. The molecule has 0 spiro atoms. The van der Waals surface area contributed by atoms with Crippen LogP contribution >= 0.6 is 0 Å². The molecule has 0 unspecified atom stereocenters. The van der Waals surface area contributed by atoms with Crippen molar-refractivity contribution >= 4 is 17.5 Å². The Kier molecular flexibility index (Phi) is 5.73. The Morgan fingerprint density at radius 3 is 2.72 bits per heavy atom. The quantitative estimate of drug-likeness (QED) is 0.752. The van der Waals surface area contributed by atoms with Crippen molar-refractivity contribution in [1.29, 1.82) is 0 Å². The largest absolute Gasteiger partial charge is 0.378 e. The summed E-state index contributed by atoms with van der Waals surface area (Å²) in [4.78, 5) is 26.9. The molecule has 0 aromatic carbocycles. The van der Waals surface area contributed by atoms with Gasteiger partial charge in [0.15, 0.2) is 0 Å². The number of anilines is 2. The summed E-state index contributed by atoms with van der Waals surface area (Å²) in [6, 6.07) is 5.30. The van der Waals surface area contributed by atoms with Gasteiger partial charge in [-0.3, -0.25) is 9.78 Å². The molecule has 1 saturated heterocycles. The van der Waals surface area contributed by atoms with Crippen molar-refractivity contribution in [3.63, 3.8) is 0 Å². The maximum atomic E-state index is 12.0. The maximum absolute atomic E-state index is 12.0. The summed E-state index contributed by atoms with van der Waals surface area (Å²) in [5.41, 5.74) is 0.600. The Bertz CT molecular complexity index is 704. The number of carbonyl (C=O) groups excluding carboxylic acids is 1. The normalized spacial score (nSPS) is 14.2. The highest BCUT2D eigenvalue weighted by molar-refractivity contribution is 5.93. The lowest BCUT2D eigenvalue weighted by molar-refractivity contribution is 0.0955. The predicted octanol–water partition coefficient (Wildman–Crippen LogP) is 0.859. The maximum Gasteiger partial charge on any atom is 0.251 e. The lowest BCUT2D eigenvalue weighted by Crippen LogP contribution is -2.37. The van der Waals surface area contributed by atoms with Crippen molar-refractivity contribution in [2.75, 3.05) is 49.6 Å². The Hall–Kier alpha value is -2.74. The molecule has 3 rings (SSSR count). The number of nitrogens with one attached hydrogen (secondary N) is 2. The van der Waals surface area contributed by atoms with Crippen LogP contribution in [0.2, 0.25) is 0 Å². The minimum atomic E-state index is -0.114. The minimum absolute atomic E-state index is 0.114. The van der Waals surface area contributed by atoms with Crippen LogP contribution in [0.25, 0.3) is 0 Å². The van der Waals surface area contributed by atoms with Gasteiger partial charge in [0.2, 0.25) is 0 Å². The van der Waals surface area contributed by atoms with Gasteiger partial charge < -0.3 is 20.3 Å². The molecule has 132 valence electrons. The molecule has 0 aliphatic carbocycles. The van der Waals surface area contributed by atoms with Crippen LogP contribution in [0.1, 0.15) is 16.2 Å². The zero-order valence-electron chi connectivity index (χ0n) is 14.2. The Balaban J connectivity index is 1.51. The van der Waals surface area contributed by atoms with Crippen molar-refractivity contribution in [2.24, 2.45) is 0 Å². The number of ether oxygens (including phenoxy) is 1. The zero-order valence-corrected chi connectivity index (χ0v) is 14.2.